The SMILES string of the molecule is CC(=O)c1cccc(OCCCC(=O)N2CC3CCC(N)C3C2)c1.Cl. The van der Waals surface area contributed by atoms with Crippen molar-refractivity contribution < 1.29 is 14.3 Å². The van der Waals surface area contributed by atoms with E-state index in [1.165, 1.54) is 6.92 Å². The third kappa shape index (κ3) is 4.73. The van der Waals surface area contributed by atoms with Crippen molar-refractivity contribution in [3.8, 4) is 5.75 Å². The Kier molecular flexibility index (Phi) is 6.85. The Morgan fingerprint density at radius 3 is 2.80 bits per heavy atom. The number of likely N-dealkylation sites (tertiary alicyclic amines) is 1. The molecule has 2 aliphatic rings. The zero-order chi connectivity index (χ0) is 17.1. The Hall–Kier alpha value is -1.59. The molecule has 5 nitrogen and oxygen atoms in total. The topological polar surface area (TPSA) is 72.6 Å². The van der Waals surface area contributed by atoms with E-state index in [9.17, 15) is 9.59 Å². The van der Waals surface area contributed by atoms with Crippen LogP contribution in [0.1, 0.15) is 43.0 Å². The van der Waals surface area contributed by atoms with Crippen molar-refractivity contribution in [3.63, 3.8) is 0 Å². The first-order valence-electron chi connectivity index (χ1n) is 8.82. The van der Waals surface area contributed by atoms with Crippen LogP contribution in [-0.2, 0) is 4.79 Å². The predicted molar refractivity (Wildman–Crippen MR) is 99.2 cm³/mol. The van der Waals surface area contributed by atoms with Crippen LogP contribution in [0.2, 0.25) is 0 Å². The number of rotatable bonds is 6. The molecule has 1 aromatic rings. The molecule has 1 saturated carbocycles. The van der Waals surface area contributed by atoms with Crippen molar-refractivity contribution in [3.05, 3.63) is 29.8 Å². The minimum Gasteiger partial charge on any atom is -0.494 e. The Labute approximate surface area is 155 Å². The maximum atomic E-state index is 12.3. The lowest BCUT2D eigenvalue weighted by Gasteiger charge is -2.18. The van der Waals surface area contributed by atoms with Gasteiger partial charge in [-0.15, -0.1) is 12.4 Å². The van der Waals surface area contributed by atoms with E-state index in [-0.39, 0.29) is 30.1 Å². The smallest absolute Gasteiger partial charge is 0.222 e. The van der Waals surface area contributed by atoms with E-state index in [0.717, 1.165) is 25.9 Å². The van der Waals surface area contributed by atoms with Gasteiger partial charge in [-0.2, -0.15) is 0 Å². The van der Waals surface area contributed by atoms with E-state index in [4.69, 9.17) is 10.5 Å². The zero-order valence-electron chi connectivity index (χ0n) is 14.6. The molecule has 1 saturated heterocycles. The number of amides is 1. The van der Waals surface area contributed by atoms with Gasteiger partial charge in [0.1, 0.15) is 5.75 Å². The Morgan fingerprint density at radius 1 is 1.28 bits per heavy atom. The predicted octanol–water partition coefficient (Wildman–Crippen LogP) is 2.67. The molecule has 0 bridgehead atoms. The van der Waals surface area contributed by atoms with Gasteiger partial charge in [0.25, 0.3) is 0 Å². The van der Waals surface area contributed by atoms with Gasteiger partial charge in [-0.25, -0.2) is 0 Å². The minimum atomic E-state index is 0. The number of carbonyl (C=O) groups is 2. The van der Waals surface area contributed by atoms with Crippen molar-refractivity contribution >= 4 is 24.1 Å². The van der Waals surface area contributed by atoms with Gasteiger partial charge in [-0.05, 0) is 50.2 Å². The summed E-state index contributed by atoms with van der Waals surface area (Å²) in [7, 11) is 0. The highest BCUT2D eigenvalue weighted by atomic mass is 35.5. The lowest BCUT2D eigenvalue weighted by atomic mass is 9.98. The largest absolute Gasteiger partial charge is 0.494 e. The first kappa shape index (κ1) is 19.7. The molecule has 6 heteroatoms. The Bertz CT molecular complexity index is 622. The molecule has 2 fully saturated rings. The number of fused-ring (bicyclic) bond motifs is 1. The standard InChI is InChI=1S/C19H26N2O3.ClH/c1-13(22)14-4-2-5-16(10-14)24-9-3-6-19(23)21-11-15-7-8-18(20)17(15)12-21;/h2,4-5,10,15,17-18H,3,6-9,11-12,20H2,1H3;1H. The van der Waals surface area contributed by atoms with E-state index >= 15 is 0 Å². The van der Waals surface area contributed by atoms with Crippen LogP contribution in [0, 0.1) is 11.8 Å². The summed E-state index contributed by atoms with van der Waals surface area (Å²) in [5.74, 6) is 2.01. The van der Waals surface area contributed by atoms with Gasteiger partial charge in [0, 0.05) is 31.1 Å². The number of nitrogens with two attached hydrogens (primary N) is 1. The summed E-state index contributed by atoms with van der Waals surface area (Å²) in [6.07, 6.45) is 3.44. The zero-order valence-corrected chi connectivity index (χ0v) is 15.5. The molecule has 1 aromatic carbocycles. The van der Waals surface area contributed by atoms with E-state index in [1.54, 1.807) is 12.1 Å². The number of benzene rings is 1. The van der Waals surface area contributed by atoms with Crippen LogP contribution in [0.3, 0.4) is 0 Å². The number of Topliss-reactive ketones (excluding diaryl/α,β-unsaturated/α-hetero) is 1. The van der Waals surface area contributed by atoms with E-state index in [0.29, 0.717) is 42.6 Å². The van der Waals surface area contributed by atoms with Crippen molar-refractivity contribution in [2.45, 2.75) is 38.6 Å². The second-order valence-corrected chi connectivity index (χ2v) is 7.00. The van der Waals surface area contributed by atoms with Crippen LogP contribution in [-0.4, -0.2) is 42.3 Å². The van der Waals surface area contributed by atoms with Crippen LogP contribution in [0.5, 0.6) is 5.75 Å². The van der Waals surface area contributed by atoms with E-state index < -0.39 is 0 Å². The number of ether oxygens (including phenoxy) is 1. The number of hydrogen-bond acceptors (Lipinski definition) is 4. The van der Waals surface area contributed by atoms with Crippen LogP contribution < -0.4 is 10.5 Å². The molecule has 1 aliphatic carbocycles. The van der Waals surface area contributed by atoms with Gasteiger partial charge in [0.05, 0.1) is 6.61 Å². The van der Waals surface area contributed by atoms with Crippen molar-refractivity contribution in [1.82, 2.24) is 4.90 Å². The molecule has 3 unspecified atom stereocenters. The summed E-state index contributed by atoms with van der Waals surface area (Å²) >= 11 is 0. The minimum absolute atomic E-state index is 0. The van der Waals surface area contributed by atoms with Crippen molar-refractivity contribution in [2.75, 3.05) is 19.7 Å². The van der Waals surface area contributed by atoms with Crippen molar-refractivity contribution in [1.29, 1.82) is 0 Å². The molecule has 1 aliphatic heterocycles. The summed E-state index contributed by atoms with van der Waals surface area (Å²) in [4.78, 5) is 25.7. The van der Waals surface area contributed by atoms with Gasteiger partial charge in [-0.1, -0.05) is 12.1 Å². The Balaban J connectivity index is 0.00000225. The molecule has 0 radical (unpaired) electrons. The fourth-order valence-electron chi connectivity index (χ4n) is 3.89. The fourth-order valence-corrected chi connectivity index (χ4v) is 3.89. The quantitative estimate of drug-likeness (QED) is 0.620. The molecule has 1 heterocycles. The lowest BCUT2D eigenvalue weighted by molar-refractivity contribution is -0.130. The van der Waals surface area contributed by atoms with Gasteiger partial charge in [0.2, 0.25) is 5.91 Å². The van der Waals surface area contributed by atoms with Crippen LogP contribution >= 0.6 is 12.4 Å². The maximum absolute atomic E-state index is 12.3. The number of hydrogen-bond donors (Lipinski definition) is 1. The number of ketones is 1. The molecular weight excluding hydrogens is 340 g/mol. The number of nitrogens with zero attached hydrogens (tertiary/aromatic N) is 1. The highest BCUT2D eigenvalue weighted by Gasteiger charge is 2.42. The molecule has 1 amide bonds. The summed E-state index contributed by atoms with van der Waals surface area (Å²) in [5.41, 5.74) is 6.76. The third-order valence-electron chi connectivity index (χ3n) is 5.31. The van der Waals surface area contributed by atoms with Gasteiger partial charge in [-0.3, -0.25) is 9.59 Å². The monoisotopic (exact) mass is 366 g/mol. The maximum Gasteiger partial charge on any atom is 0.222 e. The Morgan fingerprint density at radius 2 is 2.08 bits per heavy atom. The van der Waals surface area contributed by atoms with Crippen LogP contribution in [0.4, 0.5) is 0 Å². The van der Waals surface area contributed by atoms with Crippen LogP contribution in [0.15, 0.2) is 24.3 Å². The highest BCUT2D eigenvalue weighted by molar-refractivity contribution is 5.94. The summed E-state index contributed by atoms with van der Waals surface area (Å²) < 4.78 is 5.66. The molecule has 138 valence electrons. The first-order chi connectivity index (χ1) is 11.5. The normalized spacial score (nSPS) is 24.6. The summed E-state index contributed by atoms with van der Waals surface area (Å²) in [6.45, 7) is 3.72. The van der Waals surface area contributed by atoms with E-state index in [1.807, 2.05) is 17.0 Å². The lowest BCUT2D eigenvalue weighted by Crippen LogP contribution is -2.33. The highest BCUT2D eigenvalue weighted by Crippen LogP contribution is 2.37. The molecular formula is C19H27ClN2O3. The van der Waals surface area contributed by atoms with Gasteiger partial charge >= 0.3 is 0 Å². The van der Waals surface area contributed by atoms with Crippen molar-refractivity contribution in [2.24, 2.45) is 17.6 Å². The molecule has 0 aromatic heterocycles. The first-order valence-corrected chi connectivity index (χ1v) is 8.82. The third-order valence-corrected chi connectivity index (χ3v) is 5.31. The second kappa shape index (κ2) is 8.68. The number of carbonyl (C=O) groups excluding carboxylic acids is 2. The van der Waals surface area contributed by atoms with Crippen LogP contribution in [0.25, 0.3) is 0 Å². The molecule has 2 N–H and O–H groups in total. The molecule has 25 heavy (non-hydrogen) atoms. The molecule has 3 atom stereocenters. The molecule has 3 rings (SSSR count). The van der Waals surface area contributed by atoms with Gasteiger partial charge in [0.15, 0.2) is 5.78 Å². The number of halogens is 1. The second-order valence-electron chi connectivity index (χ2n) is 7.00. The average molecular weight is 367 g/mol. The van der Waals surface area contributed by atoms with E-state index in [2.05, 4.69) is 0 Å². The van der Waals surface area contributed by atoms with Gasteiger partial charge < -0.3 is 15.4 Å². The summed E-state index contributed by atoms with van der Waals surface area (Å²) in [5, 5.41) is 0. The average Bonchev–Trinajstić information content (AvgIpc) is 3.14. The molecule has 0 spiro atoms. The fraction of sp³-hybridized carbons (Fsp3) is 0.579. The summed E-state index contributed by atoms with van der Waals surface area (Å²) in [6, 6.07) is 7.42.